The lowest BCUT2D eigenvalue weighted by Crippen LogP contribution is -2.47. The van der Waals surface area contributed by atoms with Gasteiger partial charge in [-0.3, -0.25) is 0 Å². The fourth-order valence-electron chi connectivity index (χ4n) is 2.80. The molecule has 0 aliphatic carbocycles. The molecule has 0 atom stereocenters. The van der Waals surface area contributed by atoms with Crippen LogP contribution in [0.15, 0.2) is 42.6 Å². The summed E-state index contributed by atoms with van der Waals surface area (Å²) in [5.41, 5.74) is 0. The Balaban J connectivity index is 1.51. The fourth-order valence-corrected chi connectivity index (χ4v) is 3.60. The van der Waals surface area contributed by atoms with Crippen LogP contribution >= 0.6 is 11.5 Å². The fraction of sp³-hybridized carbons (Fsp3) is 0.250. The molecule has 0 bridgehead atoms. The van der Waals surface area contributed by atoms with Crippen LogP contribution in [0.2, 0.25) is 0 Å². The normalized spacial score (nSPS) is 15.5. The van der Waals surface area contributed by atoms with Gasteiger partial charge in [0.1, 0.15) is 17.5 Å². The van der Waals surface area contributed by atoms with Crippen molar-refractivity contribution in [1.29, 1.82) is 0 Å². The van der Waals surface area contributed by atoms with Gasteiger partial charge in [0.2, 0.25) is 0 Å². The lowest BCUT2D eigenvalue weighted by atomic mass is 10.2. The van der Waals surface area contributed by atoms with E-state index < -0.39 is 0 Å². The number of piperazine rings is 1. The number of hydrogen-bond donors (Lipinski definition) is 0. The molecule has 2 aromatic heterocycles. The largest absolute Gasteiger partial charge is 0.353 e. The molecule has 3 aromatic rings. The van der Waals surface area contributed by atoms with Crippen LogP contribution in [0.1, 0.15) is 0 Å². The smallest absolute Gasteiger partial charge is 0.150 e. The highest BCUT2D eigenvalue weighted by Gasteiger charge is 2.21. The molecule has 0 amide bonds. The van der Waals surface area contributed by atoms with Gasteiger partial charge in [0, 0.05) is 31.6 Å². The van der Waals surface area contributed by atoms with Gasteiger partial charge in [0.15, 0.2) is 0 Å². The molecule has 4 nitrogen and oxygen atoms in total. The number of nitrogens with zero attached hydrogens (tertiary/aromatic N) is 4. The molecule has 1 aliphatic rings. The van der Waals surface area contributed by atoms with Gasteiger partial charge in [-0.1, -0.05) is 12.1 Å². The summed E-state index contributed by atoms with van der Waals surface area (Å²) in [4.78, 5) is 8.66. The molecular formula is C16H15FN4S. The van der Waals surface area contributed by atoms with Crippen LogP contribution in [0, 0.1) is 5.82 Å². The maximum absolute atomic E-state index is 13.0. The van der Waals surface area contributed by atoms with Crippen LogP contribution in [-0.4, -0.2) is 35.5 Å². The minimum atomic E-state index is -0.295. The molecule has 0 spiro atoms. The first-order valence-electron chi connectivity index (χ1n) is 7.27. The molecule has 0 unspecified atom stereocenters. The van der Waals surface area contributed by atoms with Crippen molar-refractivity contribution in [2.24, 2.45) is 0 Å². The molecule has 6 heteroatoms. The van der Waals surface area contributed by atoms with E-state index in [0.29, 0.717) is 0 Å². The van der Waals surface area contributed by atoms with Crippen molar-refractivity contribution in [3.05, 3.63) is 48.4 Å². The first kappa shape index (κ1) is 13.5. The molecule has 3 heterocycles. The predicted molar refractivity (Wildman–Crippen MR) is 88.2 cm³/mol. The zero-order chi connectivity index (χ0) is 14.9. The van der Waals surface area contributed by atoms with E-state index in [9.17, 15) is 4.39 Å². The van der Waals surface area contributed by atoms with Crippen LogP contribution < -0.4 is 9.80 Å². The van der Waals surface area contributed by atoms with Crippen LogP contribution in [-0.2, 0) is 0 Å². The quantitative estimate of drug-likeness (QED) is 0.727. The maximum Gasteiger partial charge on any atom is 0.150 e. The summed E-state index contributed by atoms with van der Waals surface area (Å²) in [5.74, 6) is 1.62. The molecule has 0 saturated carbocycles. The second kappa shape index (κ2) is 5.53. The summed E-state index contributed by atoms with van der Waals surface area (Å²) >= 11 is 1.55. The molecule has 4 rings (SSSR count). The minimum absolute atomic E-state index is 0.295. The molecule has 0 N–H and O–H groups in total. The Morgan fingerprint density at radius 1 is 0.955 bits per heavy atom. The van der Waals surface area contributed by atoms with Crippen LogP contribution in [0.5, 0.6) is 0 Å². The van der Waals surface area contributed by atoms with E-state index in [1.54, 1.807) is 17.6 Å². The minimum Gasteiger partial charge on any atom is -0.353 e. The monoisotopic (exact) mass is 314 g/mol. The standard InChI is InChI=1S/C16H15FN4S/c17-12-5-6-15(18-11-12)20-7-9-21(10-8-20)16-13-3-1-2-4-14(13)22-19-16/h1-6,11H,7-10H2. The Kier molecular flexibility index (Phi) is 3.38. The second-order valence-corrected chi connectivity index (χ2v) is 6.12. The molecular weight excluding hydrogens is 299 g/mol. The average Bonchev–Trinajstić information content (AvgIpc) is 3.00. The van der Waals surface area contributed by atoms with E-state index in [1.807, 2.05) is 6.07 Å². The Morgan fingerprint density at radius 3 is 2.50 bits per heavy atom. The van der Waals surface area contributed by atoms with E-state index >= 15 is 0 Å². The van der Waals surface area contributed by atoms with Gasteiger partial charge in [0.05, 0.1) is 10.9 Å². The maximum atomic E-state index is 13.0. The second-order valence-electron chi connectivity index (χ2n) is 5.31. The van der Waals surface area contributed by atoms with Crippen molar-refractivity contribution in [3.63, 3.8) is 0 Å². The number of aromatic nitrogens is 2. The molecule has 1 saturated heterocycles. The number of benzene rings is 1. The highest BCUT2D eigenvalue weighted by atomic mass is 32.1. The van der Waals surface area contributed by atoms with Crippen LogP contribution in [0.4, 0.5) is 16.0 Å². The van der Waals surface area contributed by atoms with Gasteiger partial charge in [-0.15, -0.1) is 0 Å². The Hall–Kier alpha value is -2.21. The first-order chi connectivity index (χ1) is 10.8. The molecule has 1 aromatic carbocycles. The Morgan fingerprint density at radius 2 is 1.73 bits per heavy atom. The highest BCUT2D eigenvalue weighted by molar-refractivity contribution is 7.13. The van der Waals surface area contributed by atoms with E-state index in [0.717, 1.165) is 37.8 Å². The molecule has 22 heavy (non-hydrogen) atoms. The number of hydrogen-bond acceptors (Lipinski definition) is 5. The topological polar surface area (TPSA) is 32.3 Å². The number of anilines is 2. The predicted octanol–water partition coefficient (Wildman–Crippen LogP) is 3.16. The number of halogens is 1. The summed E-state index contributed by atoms with van der Waals surface area (Å²) in [5, 5.41) is 1.22. The number of fused-ring (bicyclic) bond motifs is 1. The third-order valence-corrected chi connectivity index (χ3v) is 4.79. The van der Waals surface area contributed by atoms with Crippen molar-refractivity contribution in [2.75, 3.05) is 36.0 Å². The van der Waals surface area contributed by atoms with Gasteiger partial charge in [-0.05, 0) is 35.8 Å². The van der Waals surface area contributed by atoms with Crippen molar-refractivity contribution in [2.45, 2.75) is 0 Å². The summed E-state index contributed by atoms with van der Waals surface area (Å²) in [6.45, 7) is 3.52. The lowest BCUT2D eigenvalue weighted by molar-refractivity contribution is 0.614. The van der Waals surface area contributed by atoms with Gasteiger partial charge in [-0.25, -0.2) is 9.37 Å². The van der Waals surface area contributed by atoms with Gasteiger partial charge < -0.3 is 9.80 Å². The lowest BCUT2D eigenvalue weighted by Gasteiger charge is -2.35. The van der Waals surface area contributed by atoms with Crippen molar-refractivity contribution < 1.29 is 4.39 Å². The van der Waals surface area contributed by atoms with Crippen LogP contribution in [0.25, 0.3) is 10.1 Å². The SMILES string of the molecule is Fc1ccc(N2CCN(c3nsc4ccccc34)CC2)nc1. The first-order valence-corrected chi connectivity index (χ1v) is 8.04. The van der Waals surface area contributed by atoms with Gasteiger partial charge >= 0.3 is 0 Å². The summed E-state index contributed by atoms with van der Waals surface area (Å²) in [6, 6.07) is 11.5. The zero-order valence-corrected chi connectivity index (χ0v) is 12.8. The Labute approximate surface area is 132 Å². The third-order valence-electron chi connectivity index (χ3n) is 3.97. The van der Waals surface area contributed by atoms with Gasteiger partial charge in [-0.2, -0.15) is 4.37 Å². The van der Waals surface area contributed by atoms with Crippen LogP contribution in [0.3, 0.4) is 0 Å². The third kappa shape index (κ3) is 2.39. The van der Waals surface area contributed by atoms with Crippen molar-refractivity contribution in [3.8, 4) is 0 Å². The average molecular weight is 314 g/mol. The molecule has 1 fully saturated rings. The van der Waals surface area contributed by atoms with E-state index in [4.69, 9.17) is 0 Å². The van der Waals surface area contributed by atoms with E-state index in [1.165, 1.54) is 22.3 Å². The number of pyridine rings is 1. The summed E-state index contributed by atoms with van der Waals surface area (Å²) in [7, 11) is 0. The zero-order valence-electron chi connectivity index (χ0n) is 11.9. The molecule has 0 radical (unpaired) electrons. The van der Waals surface area contributed by atoms with Gasteiger partial charge in [0.25, 0.3) is 0 Å². The van der Waals surface area contributed by atoms with Crippen molar-refractivity contribution in [1.82, 2.24) is 9.36 Å². The molecule has 112 valence electrons. The van der Waals surface area contributed by atoms with Crippen molar-refractivity contribution >= 4 is 33.3 Å². The molecule has 1 aliphatic heterocycles. The van der Waals surface area contributed by atoms with E-state index in [-0.39, 0.29) is 5.82 Å². The summed E-state index contributed by atoms with van der Waals surface area (Å²) in [6.07, 6.45) is 1.27. The number of rotatable bonds is 2. The summed E-state index contributed by atoms with van der Waals surface area (Å²) < 4.78 is 18.8. The Bertz CT molecular complexity index is 778. The van der Waals surface area contributed by atoms with E-state index in [2.05, 4.69) is 37.4 Å². The highest BCUT2D eigenvalue weighted by Crippen LogP contribution is 2.30.